The van der Waals surface area contributed by atoms with Crippen LogP contribution in [0.3, 0.4) is 0 Å². The van der Waals surface area contributed by atoms with E-state index in [0.717, 1.165) is 46.7 Å². The van der Waals surface area contributed by atoms with Gasteiger partial charge in [0.2, 0.25) is 0 Å². The molecule has 0 saturated carbocycles. The third kappa shape index (κ3) is 2.94. The number of nitriles is 1. The summed E-state index contributed by atoms with van der Waals surface area (Å²) in [5.74, 6) is 0.229. The summed E-state index contributed by atoms with van der Waals surface area (Å²) in [4.78, 5) is 17.3. The summed E-state index contributed by atoms with van der Waals surface area (Å²) in [5.41, 5.74) is 10.8. The second kappa shape index (κ2) is 7.29. The van der Waals surface area contributed by atoms with Crippen LogP contribution in [0.2, 0.25) is 0 Å². The Bertz CT molecular complexity index is 1050. The number of nitrogens with two attached hydrogens (primary N) is 1. The average Bonchev–Trinajstić information content (AvgIpc) is 3.16. The van der Waals surface area contributed by atoms with Crippen molar-refractivity contribution in [2.45, 2.75) is 45.4 Å². The number of hydrogen-bond acceptors (Lipinski definition) is 5. The van der Waals surface area contributed by atoms with Crippen LogP contribution in [0.1, 0.15) is 47.4 Å². The van der Waals surface area contributed by atoms with E-state index in [-0.39, 0.29) is 11.7 Å². The third-order valence-electron chi connectivity index (χ3n) is 5.49. The molecular weight excluding hydrogens is 366 g/mol. The van der Waals surface area contributed by atoms with E-state index in [0.29, 0.717) is 17.8 Å². The smallest absolute Gasteiger partial charge is 0.161 e. The van der Waals surface area contributed by atoms with Gasteiger partial charge in [-0.25, -0.2) is 0 Å². The van der Waals surface area contributed by atoms with Crippen LogP contribution in [-0.4, -0.2) is 5.78 Å². The lowest BCUT2D eigenvalue weighted by Gasteiger charge is -2.39. The first-order chi connectivity index (χ1) is 13.5. The highest BCUT2D eigenvalue weighted by atomic mass is 32.1. The molecule has 1 aliphatic heterocycles. The molecule has 2 aromatic rings. The van der Waals surface area contributed by atoms with Gasteiger partial charge in [0.25, 0.3) is 0 Å². The van der Waals surface area contributed by atoms with Crippen molar-refractivity contribution in [2.24, 2.45) is 5.73 Å². The highest BCUT2D eigenvalue weighted by molar-refractivity contribution is 7.12. The summed E-state index contributed by atoms with van der Waals surface area (Å²) in [5, 5.41) is 10.0. The zero-order valence-electron chi connectivity index (χ0n) is 16.2. The molecule has 0 bridgehead atoms. The second-order valence-electron chi connectivity index (χ2n) is 7.31. The largest absolute Gasteiger partial charge is 0.384 e. The van der Waals surface area contributed by atoms with Gasteiger partial charge in [-0.3, -0.25) is 9.69 Å². The van der Waals surface area contributed by atoms with Crippen LogP contribution in [0.5, 0.6) is 0 Å². The molecule has 4 rings (SSSR count). The molecular formula is C23H23N3OS. The molecule has 28 heavy (non-hydrogen) atoms. The van der Waals surface area contributed by atoms with Crippen molar-refractivity contribution in [2.75, 3.05) is 4.90 Å². The van der Waals surface area contributed by atoms with Gasteiger partial charge in [-0.2, -0.15) is 5.26 Å². The maximum atomic E-state index is 13.0. The molecule has 4 nitrogen and oxygen atoms in total. The van der Waals surface area contributed by atoms with E-state index in [1.165, 1.54) is 4.88 Å². The molecule has 142 valence electrons. The monoisotopic (exact) mass is 389 g/mol. The predicted octanol–water partition coefficient (Wildman–Crippen LogP) is 4.92. The topological polar surface area (TPSA) is 70.1 Å². The van der Waals surface area contributed by atoms with E-state index >= 15 is 0 Å². The van der Waals surface area contributed by atoms with Gasteiger partial charge in [-0.05, 0) is 56.0 Å². The highest BCUT2D eigenvalue weighted by Gasteiger charge is 2.40. The number of aryl methyl sites for hydroxylation is 2. The Hall–Kier alpha value is -2.84. The number of ketones is 1. The summed E-state index contributed by atoms with van der Waals surface area (Å²) in [6.45, 7) is 4.14. The number of anilines is 1. The number of rotatable bonds is 3. The summed E-state index contributed by atoms with van der Waals surface area (Å²) < 4.78 is 0. The minimum Gasteiger partial charge on any atom is -0.384 e. The van der Waals surface area contributed by atoms with Gasteiger partial charge < -0.3 is 5.73 Å². The number of allylic oxidation sites excluding steroid dienone is 3. The molecule has 1 aromatic heterocycles. The molecule has 0 radical (unpaired) electrons. The van der Waals surface area contributed by atoms with E-state index in [1.54, 1.807) is 11.3 Å². The van der Waals surface area contributed by atoms with Crippen LogP contribution >= 0.6 is 11.3 Å². The van der Waals surface area contributed by atoms with Crippen molar-refractivity contribution in [3.63, 3.8) is 0 Å². The third-order valence-corrected chi connectivity index (χ3v) is 6.78. The summed E-state index contributed by atoms with van der Waals surface area (Å²) in [6.07, 6.45) is 3.07. The molecule has 1 aliphatic carbocycles. The molecule has 1 aromatic carbocycles. The first kappa shape index (κ1) is 18.5. The van der Waals surface area contributed by atoms with Crippen LogP contribution in [-0.2, 0) is 11.2 Å². The van der Waals surface area contributed by atoms with Gasteiger partial charge in [-0.1, -0.05) is 19.1 Å². The van der Waals surface area contributed by atoms with Crippen LogP contribution in [0, 0.1) is 18.3 Å². The molecule has 0 spiro atoms. The van der Waals surface area contributed by atoms with E-state index < -0.39 is 0 Å². The summed E-state index contributed by atoms with van der Waals surface area (Å²) in [7, 11) is 0. The van der Waals surface area contributed by atoms with Crippen molar-refractivity contribution >= 4 is 22.8 Å². The molecule has 2 heterocycles. The first-order valence-corrected chi connectivity index (χ1v) is 10.5. The van der Waals surface area contributed by atoms with Gasteiger partial charge in [0, 0.05) is 33.1 Å². The number of carbonyl (C=O) groups excluding carboxylic acids is 1. The molecule has 2 aliphatic rings. The van der Waals surface area contributed by atoms with Crippen molar-refractivity contribution in [1.29, 1.82) is 5.26 Å². The van der Waals surface area contributed by atoms with E-state index in [4.69, 9.17) is 5.73 Å². The van der Waals surface area contributed by atoms with Gasteiger partial charge in [0.15, 0.2) is 5.78 Å². The lowest BCUT2D eigenvalue weighted by molar-refractivity contribution is -0.116. The number of carbonyl (C=O) groups is 1. The molecule has 0 amide bonds. The summed E-state index contributed by atoms with van der Waals surface area (Å²) >= 11 is 1.67. The van der Waals surface area contributed by atoms with E-state index in [2.05, 4.69) is 19.1 Å². The number of nitrogens with zero attached hydrogens (tertiary/aromatic N) is 2. The number of hydrogen-bond donors (Lipinski definition) is 1. The number of thiophene rings is 1. The zero-order chi connectivity index (χ0) is 19.8. The minimum absolute atomic E-state index is 0.135. The Balaban J connectivity index is 1.95. The zero-order valence-corrected chi connectivity index (χ0v) is 17.0. The average molecular weight is 390 g/mol. The molecule has 1 unspecified atom stereocenters. The predicted molar refractivity (Wildman–Crippen MR) is 113 cm³/mol. The maximum absolute atomic E-state index is 13.0. The van der Waals surface area contributed by atoms with Gasteiger partial charge in [0.05, 0.1) is 17.6 Å². The molecule has 0 fully saturated rings. The first-order valence-electron chi connectivity index (χ1n) is 9.66. The quantitative estimate of drug-likeness (QED) is 0.808. The van der Waals surface area contributed by atoms with Gasteiger partial charge in [0.1, 0.15) is 5.82 Å². The van der Waals surface area contributed by atoms with Crippen molar-refractivity contribution < 1.29 is 4.79 Å². The Morgan fingerprint density at radius 1 is 1.29 bits per heavy atom. The summed E-state index contributed by atoms with van der Waals surface area (Å²) in [6, 6.07) is 14.5. The van der Waals surface area contributed by atoms with Gasteiger partial charge in [-0.15, -0.1) is 11.3 Å². The lowest BCUT2D eigenvalue weighted by Crippen LogP contribution is -2.38. The molecule has 1 atom stereocenters. The van der Waals surface area contributed by atoms with E-state index in [9.17, 15) is 10.1 Å². The van der Waals surface area contributed by atoms with Crippen LogP contribution in [0.4, 0.5) is 5.69 Å². The van der Waals surface area contributed by atoms with Crippen LogP contribution in [0.15, 0.2) is 59.1 Å². The highest BCUT2D eigenvalue weighted by Crippen LogP contribution is 2.47. The van der Waals surface area contributed by atoms with Crippen molar-refractivity contribution in [3.05, 3.63) is 74.4 Å². The minimum atomic E-state index is -0.348. The SMILES string of the molecule is CCc1ccc(C2C(C#N)=C(N)N(c3cccc(C)c3)C3=C2C(=O)CCC3)s1. The van der Waals surface area contributed by atoms with E-state index in [1.807, 2.05) is 42.2 Å². The Morgan fingerprint density at radius 3 is 2.79 bits per heavy atom. The van der Waals surface area contributed by atoms with Crippen molar-refractivity contribution in [1.82, 2.24) is 0 Å². The second-order valence-corrected chi connectivity index (χ2v) is 8.51. The molecule has 0 saturated heterocycles. The fraction of sp³-hybridized carbons (Fsp3) is 0.304. The lowest BCUT2D eigenvalue weighted by atomic mass is 9.78. The fourth-order valence-electron chi connectivity index (χ4n) is 4.17. The maximum Gasteiger partial charge on any atom is 0.161 e. The Kier molecular flexibility index (Phi) is 4.82. The molecule has 5 heteroatoms. The Labute approximate surface area is 169 Å². The number of benzene rings is 1. The van der Waals surface area contributed by atoms with Crippen molar-refractivity contribution in [3.8, 4) is 6.07 Å². The Morgan fingerprint density at radius 2 is 2.11 bits per heavy atom. The van der Waals surface area contributed by atoms with Gasteiger partial charge >= 0.3 is 0 Å². The molecule has 2 N–H and O–H groups in total. The number of Topliss-reactive ketones (excluding diaryl/α,β-unsaturated/α-hetero) is 1. The van der Waals surface area contributed by atoms with Crippen LogP contribution in [0.25, 0.3) is 0 Å². The normalized spacial score (nSPS) is 19.7. The standard InChI is InChI=1S/C23H23N3OS/c1-3-16-10-11-20(28-16)21-17(13-24)23(25)26(15-7-4-6-14(2)12-15)18-8-5-9-19(27)22(18)21/h4,6-7,10-12,21H,3,5,8-9,25H2,1-2H3. The van der Waals surface area contributed by atoms with Crippen LogP contribution < -0.4 is 10.6 Å². The fourth-order valence-corrected chi connectivity index (χ4v) is 5.25.